The fourth-order valence-corrected chi connectivity index (χ4v) is 3.41. The monoisotopic (exact) mass is 253 g/mol. The molecule has 1 atom stereocenters. The van der Waals surface area contributed by atoms with E-state index in [0.29, 0.717) is 18.2 Å². The van der Waals surface area contributed by atoms with E-state index in [2.05, 4.69) is 4.90 Å². The molecule has 1 heterocycles. The average molecular weight is 253 g/mol. The average Bonchev–Trinajstić information content (AvgIpc) is 2.64. The minimum Gasteiger partial charge on any atom is -0.395 e. The van der Waals surface area contributed by atoms with Crippen LogP contribution in [0, 0.1) is 5.92 Å². The third-order valence-corrected chi connectivity index (χ3v) is 4.63. The molecule has 0 aromatic heterocycles. The number of ketones is 1. The Bertz CT molecular complexity index is 261. The van der Waals surface area contributed by atoms with Crippen LogP contribution in [0.3, 0.4) is 0 Å². The molecule has 104 valence electrons. The number of carbonyl (C=O) groups excluding carboxylic acids is 1. The van der Waals surface area contributed by atoms with Gasteiger partial charge in [0.15, 0.2) is 0 Å². The van der Waals surface area contributed by atoms with Crippen molar-refractivity contribution < 1.29 is 9.90 Å². The van der Waals surface area contributed by atoms with Gasteiger partial charge in [-0.05, 0) is 32.2 Å². The molecule has 1 unspecified atom stereocenters. The number of rotatable bonds is 4. The molecule has 1 N–H and O–H groups in total. The largest absolute Gasteiger partial charge is 0.395 e. The highest BCUT2D eigenvalue weighted by atomic mass is 16.3. The first-order valence-electron chi connectivity index (χ1n) is 7.69. The van der Waals surface area contributed by atoms with E-state index in [4.69, 9.17) is 0 Å². The maximum absolute atomic E-state index is 12.3. The zero-order valence-electron chi connectivity index (χ0n) is 11.4. The highest BCUT2D eigenvalue weighted by Crippen LogP contribution is 2.25. The lowest BCUT2D eigenvalue weighted by molar-refractivity contribution is -0.125. The van der Waals surface area contributed by atoms with Crippen LogP contribution in [0.25, 0.3) is 0 Å². The van der Waals surface area contributed by atoms with E-state index < -0.39 is 0 Å². The lowest BCUT2D eigenvalue weighted by atomic mass is 9.86. The van der Waals surface area contributed by atoms with Crippen LogP contribution in [0.5, 0.6) is 0 Å². The van der Waals surface area contributed by atoms with Gasteiger partial charge < -0.3 is 5.11 Å². The number of Topliss-reactive ketones (excluding diaryl/α,β-unsaturated/α-hetero) is 1. The van der Waals surface area contributed by atoms with Crippen molar-refractivity contribution in [1.82, 2.24) is 4.90 Å². The summed E-state index contributed by atoms with van der Waals surface area (Å²) in [5, 5.41) is 9.46. The number of hydrogen-bond acceptors (Lipinski definition) is 3. The van der Waals surface area contributed by atoms with Gasteiger partial charge in [0.05, 0.1) is 13.2 Å². The van der Waals surface area contributed by atoms with E-state index in [0.717, 1.165) is 25.8 Å². The van der Waals surface area contributed by atoms with Crippen molar-refractivity contribution in [3.8, 4) is 0 Å². The van der Waals surface area contributed by atoms with Gasteiger partial charge in [0, 0.05) is 12.0 Å². The minimum absolute atomic E-state index is 0.206. The van der Waals surface area contributed by atoms with Gasteiger partial charge in [0.1, 0.15) is 5.78 Å². The van der Waals surface area contributed by atoms with Crippen molar-refractivity contribution in [3.05, 3.63) is 0 Å². The third-order valence-electron chi connectivity index (χ3n) is 4.63. The van der Waals surface area contributed by atoms with E-state index in [1.807, 2.05) is 0 Å². The number of hydrogen-bond donors (Lipinski definition) is 1. The molecule has 2 aliphatic rings. The molecule has 0 amide bonds. The maximum atomic E-state index is 12.3. The second-order valence-corrected chi connectivity index (χ2v) is 5.96. The molecule has 1 aliphatic heterocycles. The smallest absolute Gasteiger partial charge is 0.149 e. The molecule has 0 aromatic carbocycles. The van der Waals surface area contributed by atoms with Crippen molar-refractivity contribution >= 4 is 5.78 Å². The predicted octanol–water partition coefficient (Wildman–Crippen LogP) is 2.37. The van der Waals surface area contributed by atoms with Crippen LogP contribution in [-0.4, -0.2) is 41.5 Å². The molecule has 3 heteroatoms. The fraction of sp³-hybridized carbons (Fsp3) is 0.933. The lowest BCUT2D eigenvalue weighted by Gasteiger charge is -2.30. The summed E-state index contributed by atoms with van der Waals surface area (Å²) in [7, 11) is 0. The van der Waals surface area contributed by atoms with Crippen molar-refractivity contribution in [2.75, 3.05) is 19.7 Å². The quantitative estimate of drug-likeness (QED) is 0.836. The number of likely N-dealkylation sites (tertiary alicyclic amines) is 1. The second-order valence-electron chi connectivity index (χ2n) is 5.96. The maximum Gasteiger partial charge on any atom is 0.149 e. The summed E-state index contributed by atoms with van der Waals surface area (Å²) in [5.74, 6) is 0.733. The van der Waals surface area contributed by atoms with E-state index in [-0.39, 0.29) is 12.6 Å². The summed E-state index contributed by atoms with van der Waals surface area (Å²) >= 11 is 0. The molecule has 1 saturated carbocycles. The van der Waals surface area contributed by atoms with Crippen molar-refractivity contribution in [3.63, 3.8) is 0 Å². The topological polar surface area (TPSA) is 40.5 Å². The van der Waals surface area contributed by atoms with Gasteiger partial charge in [-0.3, -0.25) is 9.69 Å². The highest BCUT2D eigenvalue weighted by molar-refractivity contribution is 5.83. The summed E-state index contributed by atoms with van der Waals surface area (Å²) in [5.41, 5.74) is 0. The Morgan fingerprint density at radius 2 is 1.67 bits per heavy atom. The zero-order chi connectivity index (χ0) is 12.8. The molecule has 1 saturated heterocycles. The molecule has 0 spiro atoms. The summed E-state index contributed by atoms with van der Waals surface area (Å²) in [6.45, 7) is 1.78. The Kier molecular flexibility index (Phi) is 5.64. The molecule has 3 nitrogen and oxygen atoms in total. The van der Waals surface area contributed by atoms with Gasteiger partial charge >= 0.3 is 0 Å². The van der Waals surface area contributed by atoms with Gasteiger partial charge in [0.25, 0.3) is 0 Å². The predicted molar refractivity (Wildman–Crippen MR) is 72.5 cm³/mol. The van der Waals surface area contributed by atoms with E-state index in [1.54, 1.807) is 0 Å². The Balaban J connectivity index is 1.86. The van der Waals surface area contributed by atoms with E-state index >= 15 is 0 Å². The van der Waals surface area contributed by atoms with Crippen LogP contribution in [0.4, 0.5) is 0 Å². The summed E-state index contributed by atoms with van der Waals surface area (Å²) in [4.78, 5) is 14.6. The Morgan fingerprint density at radius 3 is 2.39 bits per heavy atom. The molecular formula is C15H27NO2. The fourth-order valence-electron chi connectivity index (χ4n) is 3.41. The van der Waals surface area contributed by atoms with Gasteiger partial charge in [-0.25, -0.2) is 0 Å². The molecular weight excluding hydrogens is 226 g/mol. The number of aliphatic hydroxyl groups excluding tert-OH is 1. The van der Waals surface area contributed by atoms with Gasteiger partial charge in [-0.2, -0.15) is 0 Å². The van der Waals surface area contributed by atoms with Gasteiger partial charge in [0.2, 0.25) is 0 Å². The van der Waals surface area contributed by atoms with Crippen LogP contribution >= 0.6 is 0 Å². The molecule has 0 radical (unpaired) electrons. The number of carbonyl (C=O) groups is 1. The Morgan fingerprint density at radius 1 is 1.00 bits per heavy atom. The van der Waals surface area contributed by atoms with Crippen molar-refractivity contribution in [2.45, 2.75) is 63.8 Å². The molecule has 0 aromatic rings. The molecule has 1 aliphatic carbocycles. The van der Waals surface area contributed by atoms with Crippen molar-refractivity contribution in [2.24, 2.45) is 5.92 Å². The Labute approximate surface area is 111 Å². The summed E-state index contributed by atoms with van der Waals surface area (Å²) in [6.07, 6.45) is 10.6. The summed E-state index contributed by atoms with van der Waals surface area (Å²) < 4.78 is 0. The normalized spacial score (nSPS) is 27.9. The third kappa shape index (κ3) is 3.79. The van der Waals surface area contributed by atoms with E-state index in [9.17, 15) is 9.90 Å². The SMILES string of the molecule is O=C(CN1CCCCCC1CO)C1CCCCC1. The van der Waals surface area contributed by atoms with Gasteiger partial charge in [-0.1, -0.05) is 32.1 Å². The first-order chi connectivity index (χ1) is 8.81. The number of aliphatic hydroxyl groups is 1. The van der Waals surface area contributed by atoms with Crippen LogP contribution in [0.1, 0.15) is 57.8 Å². The molecule has 18 heavy (non-hydrogen) atoms. The standard InChI is InChI=1S/C15H27NO2/c17-12-14-9-5-2-6-10-16(14)11-15(18)13-7-3-1-4-8-13/h13-14,17H,1-12H2. The van der Waals surface area contributed by atoms with Crippen molar-refractivity contribution in [1.29, 1.82) is 0 Å². The molecule has 2 rings (SSSR count). The zero-order valence-corrected chi connectivity index (χ0v) is 11.4. The van der Waals surface area contributed by atoms with Crippen LogP contribution < -0.4 is 0 Å². The molecule has 0 bridgehead atoms. The first kappa shape index (κ1) is 14.0. The number of nitrogens with zero attached hydrogens (tertiary/aromatic N) is 1. The van der Waals surface area contributed by atoms with E-state index in [1.165, 1.54) is 38.5 Å². The lowest BCUT2D eigenvalue weighted by Crippen LogP contribution is -2.42. The second kappa shape index (κ2) is 7.25. The Hall–Kier alpha value is -0.410. The van der Waals surface area contributed by atoms with Crippen LogP contribution in [0.15, 0.2) is 0 Å². The van der Waals surface area contributed by atoms with Crippen LogP contribution in [0.2, 0.25) is 0 Å². The molecule has 2 fully saturated rings. The van der Waals surface area contributed by atoms with Gasteiger partial charge in [-0.15, -0.1) is 0 Å². The van der Waals surface area contributed by atoms with Crippen LogP contribution in [-0.2, 0) is 4.79 Å². The minimum atomic E-state index is 0.206. The summed E-state index contributed by atoms with van der Waals surface area (Å²) in [6, 6.07) is 0.222. The first-order valence-corrected chi connectivity index (χ1v) is 7.69. The highest BCUT2D eigenvalue weighted by Gasteiger charge is 2.26.